The van der Waals surface area contributed by atoms with E-state index in [0.29, 0.717) is 11.1 Å². The van der Waals surface area contributed by atoms with Crippen molar-refractivity contribution in [1.29, 1.82) is 0 Å². The normalized spacial score (nSPS) is 9.95. The molecule has 8 nitrogen and oxygen atoms in total. The fourth-order valence-electron chi connectivity index (χ4n) is 3.41. The molecule has 4 aromatic rings. The van der Waals surface area contributed by atoms with E-state index in [2.05, 4.69) is 13.2 Å². The molecule has 0 saturated carbocycles. The standard InChI is InChI=1S/2C17H14O4/c2*1-11(2)17(20)21-13-8-9-14(15(18)10-13)16(19)12-6-4-3-5-7-12/h2*3-10,18H,1H2,2H3. The molecule has 4 rings (SSSR count). The largest absolute Gasteiger partial charge is 0.507 e. The minimum Gasteiger partial charge on any atom is -0.507 e. The molecule has 0 heterocycles. The molecule has 212 valence electrons. The molecule has 0 bridgehead atoms. The molecule has 42 heavy (non-hydrogen) atoms. The Hall–Kier alpha value is -5.76. The minimum absolute atomic E-state index is 0.149. The Morgan fingerprint density at radius 1 is 0.548 bits per heavy atom. The first-order valence-corrected chi connectivity index (χ1v) is 12.6. The Balaban J connectivity index is 0.000000230. The molecule has 0 saturated heterocycles. The summed E-state index contributed by atoms with van der Waals surface area (Å²) in [6.07, 6.45) is 0. The Kier molecular flexibility index (Phi) is 10.3. The maximum atomic E-state index is 12.2. The van der Waals surface area contributed by atoms with Crippen LogP contribution in [-0.2, 0) is 9.59 Å². The van der Waals surface area contributed by atoms with Gasteiger partial charge in [-0.3, -0.25) is 9.59 Å². The van der Waals surface area contributed by atoms with Crippen molar-refractivity contribution in [3.63, 3.8) is 0 Å². The molecule has 0 aliphatic rings. The zero-order valence-electron chi connectivity index (χ0n) is 23.0. The second kappa shape index (κ2) is 14.0. The van der Waals surface area contributed by atoms with Crippen LogP contribution in [0.4, 0.5) is 0 Å². The number of hydrogen-bond donors (Lipinski definition) is 2. The summed E-state index contributed by atoms with van der Waals surface area (Å²) in [6, 6.07) is 25.5. The van der Waals surface area contributed by atoms with Crippen LogP contribution in [0.2, 0.25) is 0 Å². The molecule has 0 fully saturated rings. The number of hydrogen-bond acceptors (Lipinski definition) is 8. The summed E-state index contributed by atoms with van der Waals surface area (Å²) >= 11 is 0. The molecule has 0 spiro atoms. The van der Waals surface area contributed by atoms with Gasteiger partial charge in [0.25, 0.3) is 0 Å². The van der Waals surface area contributed by atoms with Crippen LogP contribution >= 0.6 is 0 Å². The van der Waals surface area contributed by atoms with Gasteiger partial charge in [0, 0.05) is 34.4 Å². The van der Waals surface area contributed by atoms with Crippen LogP contribution in [0.25, 0.3) is 0 Å². The second-order valence-corrected chi connectivity index (χ2v) is 9.09. The number of rotatable bonds is 8. The molecule has 0 atom stereocenters. The number of carbonyl (C=O) groups is 4. The fourth-order valence-corrected chi connectivity index (χ4v) is 3.41. The number of esters is 2. The predicted molar refractivity (Wildman–Crippen MR) is 157 cm³/mol. The number of benzene rings is 4. The average Bonchev–Trinajstić information content (AvgIpc) is 2.98. The minimum atomic E-state index is -0.587. The number of phenolic OH excluding ortho intramolecular Hbond substituents is 2. The average molecular weight is 565 g/mol. The lowest BCUT2D eigenvalue weighted by Crippen LogP contribution is -2.08. The fraction of sp³-hybridized carbons (Fsp3) is 0.0588. The van der Waals surface area contributed by atoms with Crippen LogP contribution in [0.5, 0.6) is 23.0 Å². The third-order valence-corrected chi connectivity index (χ3v) is 5.62. The molecule has 0 aromatic heterocycles. The molecular weight excluding hydrogens is 536 g/mol. The third-order valence-electron chi connectivity index (χ3n) is 5.62. The molecule has 0 radical (unpaired) electrons. The van der Waals surface area contributed by atoms with E-state index in [9.17, 15) is 29.4 Å². The van der Waals surface area contributed by atoms with Gasteiger partial charge in [0.2, 0.25) is 0 Å². The van der Waals surface area contributed by atoms with E-state index in [1.165, 1.54) is 50.2 Å². The van der Waals surface area contributed by atoms with Gasteiger partial charge in [0.15, 0.2) is 11.6 Å². The highest BCUT2D eigenvalue weighted by Crippen LogP contribution is 2.27. The topological polar surface area (TPSA) is 127 Å². The SMILES string of the molecule is C=C(C)C(=O)Oc1ccc(C(=O)c2ccccc2)c(O)c1.C=C(C)C(=O)Oc1ccc(C(=O)c2ccccc2)c(O)c1. The number of ether oxygens (including phenoxy) is 2. The van der Waals surface area contributed by atoms with Gasteiger partial charge < -0.3 is 19.7 Å². The third kappa shape index (κ3) is 8.12. The first-order valence-electron chi connectivity index (χ1n) is 12.6. The van der Waals surface area contributed by atoms with Crippen LogP contribution in [0, 0.1) is 0 Å². The smallest absolute Gasteiger partial charge is 0.338 e. The highest BCUT2D eigenvalue weighted by Gasteiger charge is 2.16. The Labute approximate surface area is 242 Å². The monoisotopic (exact) mass is 564 g/mol. The highest BCUT2D eigenvalue weighted by molar-refractivity contribution is 6.11. The van der Waals surface area contributed by atoms with E-state index < -0.39 is 11.9 Å². The van der Waals surface area contributed by atoms with Gasteiger partial charge in [0.05, 0.1) is 11.1 Å². The molecule has 0 amide bonds. The molecule has 0 aliphatic carbocycles. The maximum Gasteiger partial charge on any atom is 0.338 e. The van der Waals surface area contributed by atoms with Gasteiger partial charge in [-0.1, -0.05) is 73.8 Å². The quantitative estimate of drug-likeness (QED) is 0.112. The first-order chi connectivity index (χ1) is 20.0. The van der Waals surface area contributed by atoms with Crippen molar-refractivity contribution in [1.82, 2.24) is 0 Å². The zero-order chi connectivity index (χ0) is 30.8. The summed E-state index contributed by atoms with van der Waals surface area (Å²) in [5.74, 6) is -1.94. The number of ketones is 2. The Morgan fingerprint density at radius 3 is 1.17 bits per heavy atom. The van der Waals surface area contributed by atoms with Crippen molar-refractivity contribution < 1.29 is 38.9 Å². The van der Waals surface area contributed by atoms with E-state index >= 15 is 0 Å². The first kappa shape index (κ1) is 30.8. The Bertz CT molecular complexity index is 1530. The highest BCUT2D eigenvalue weighted by atomic mass is 16.5. The number of phenols is 2. The van der Waals surface area contributed by atoms with E-state index in [4.69, 9.17) is 9.47 Å². The summed E-state index contributed by atoms with van der Waals surface area (Å²) in [6.45, 7) is 9.98. The van der Waals surface area contributed by atoms with Gasteiger partial charge in [-0.15, -0.1) is 0 Å². The van der Waals surface area contributed by atoms with E-state index in [1.54, 1.807) is 60.7 Å². The lowest BCUT2D eigenvalue weighted by molar-refractivity contribution is -0.130. The van der Waals surface area contributed by atoms with Crippen LogP contribution < -0.4 is 9.47 Å². The molecule has 4 aromatic carbocycles. The molecule has 0 aliphatic heterocycles. The second-order valence-electron chi connectivity index (χ2n) is 9.09. The van der Waals surface area contributed by atoms with Crippen molar-refractivity contribution >= 4 is 23.5 Å². The van der Waals surface area contributed by atoms with Gasteiger partial charge in [0.1, 0.15) is 23.0 Å². The zero-order valence-corrected chi connectivity index (χ0v) is 23.0. The van der Waals surface area contributed by atoms with E-state index in [1.807, 2.05) is 0 Å². The molecule has 2 N–H and O–H groups in total. The summed E-state index contributed by atoms with van der Waals surface area (Å²) < 4.78 is 9.97. The predicted octanol–water partition coefficient (Wildman–Crippen LogP) is 6.21. The van der Waals surface area contributed by atoms with Crippen LogP contribution in [0.1, 0.15) is 45.7 Å². The molecule has 8 heteroatoms. The van der Waals surface area contributed by atoms with Crippen LogP contribution in [0.15, 0.2) is 121 Å². The lowest BCUT2D eigenvalue weighted by Gasteiger charge is -2.07. The van der Waals surface area contributed by atoms with E-state index in [-0.39, 0.29) is 56.8 Å². The summed E-state index contributed by atoms with van der Waals surface area (Å²) in [5, 5.41) is 19.9. The maximum absolute atomic E-state index is 12.2. The van der Waals surface area contributed by atoms with Gasteiger partial charge >= 0.3 is 11.9 Å². The lowest BCUT2D eigenvalue weighted by atomic mass is 10.0. The van der Waals surface area contributed by atoms with E-state index in [0.717, 1.165) is 0 Å². The van der Waals surface area contributed by atoms with Gasteiger partial charge in [-0.05, 0) is 38.1 Å². The summed E-state index contributed by atoms with van der Waals surface area (Å²) in [7, 11) is 0. The van der Waals surface area contributed by atoms with Crippen molar-refractivity contribution in [2.45, 2.75) is 13.8 Å². The Morgan fingerprint density at radius 2 is 0.881 bits per heavy atom. The van der Waals surface area contributed by atoms with Crippen LogP contribution in [-0.4, -0.2) is 33.7 Å². The molecular formula is C34H28O8. The number of carbonyl (C=O) groups excluding carboxylic acids is 4. The molecule has 0 unspecified atom stereocenters. The van der Waals surface area contributed by atoms with Gasteiger partial charge in [-0.25, -0.2) is 9.59 Å². The van der Waals surface area contributed by atoms with Crippen LogP contribution in [0.3, 0.4) is 0 Å². The summed E-state index contributed by atoms with van der Waals surface area (Å²) in [4.78, 5) is 47.2. The van der Waals surface area contributed by atoms with Crippen molar-refractivity contribution in [2.24, 2.45) is 0 Å². The number of aromatic hydroxyl groups is 2. The van der Waals surface area contributed by atoms with Crippen molar-refractivity contribution in [3.8, 4) is 23.0 Å². The van der Waals surface area contributed by atoms with Crippen molar-refractivity contribution in [3.05, 3.63) is 144 Å². The van der Waals surface area contributed by atoms with Gasteiger partial charge in [-0.2, -0.15) is 0 Å². The summed E-state index contributed by atoms with van der Waals surface area (Å²) in [5.41, 5.74) is 1.74. The van der Waals surface area contributed by atoms with Crippen molar-refractivity contribution in [2.75, 3.05) is 0 Å².